The zero-order valence-corrected chi connectivity index (χ0v) is 19.7. The lowest BCUT2D eigenvalue weighted by Gasteiger charge is -2.36. The van der Waals surface area contributed by atoms with Crippen molar-refractivity contribution in [2.75, 3.05) is 28.8 Å². The Hall–Kier alpha value is -4.60. The Morgan fingerprint density at radius 2 is 1.57 bits per heavy atom. The van der Waals surface area contributed by atoms with Gasteiger partial charge in [-0.1, -0.05) is 42.5 Å². The summed E-state index contributed by atoms with van der Waals surface area (Å²) in [6, 6.07) is 23.7. The van der Waals surface area contributed by atoms with Crippen LogP contribution in [0.2, 0.25) is 0 Å². The van der Waals surface area contributed by atoms with Crippen LogP contribution in [0.15, 0.2) is 85.1 Å². The number of ether oxygens (including phenoxy) is 1. The Balaban J connectivity index is 1.54. The Labute approximate surface area is 211 Å². The molecule has 0 atom stereocenters. The van der Waals surface area contributed by atoms with Crippen molar-refractivity contribution in [1.82, 2.24) is 9.97 Å². The van der Waals surface area contributed by atoms with Crippen LogP contribution in [0, 0.1) is 0 Å². The van der Waals surface area contributed by atoms with Crippen molar-refractivity contribution in [2.24, 2.45) is 0 Å². The number of hydrogen-bond donors (Lipinski definition) is 1. The minimum atomic E-state index is -4.44. The molecule has 37 heavy (non-hydrogen) atoms. The summed E-state index contributed by atoms with van der Waals surface area (Å²) in [4.78, 5) is 25.1. The molecule has 3 aromatic carbocycles. The number of anilines is 4. The smallest absolute Gasteiger partial charge is 0.405 e. The van der Waals surface area contributed by atoms with Gasteiger partial charge in [-0.05, 0) is 47.5 Å². The number of methoxy groups -OCH3 is 1. The van der Waals surface area contributed by atoms with Crippen molar-refractivity contribution in [3.8, 4) is 16.9 Å². The fourth-order valence-electron chi connectivity index (χ4n) is 4.05. The van der Waals surface area contributed by atoms with Gasteiger partial charge in [0.15, 0.2) is 5.82 Å². The van der Waals surface area contributed by atoms with Gasteiger partial charge in [-0.2, -0.15) is 18.2 Å². The minimum Gasteiger partial charge on any atom is -0.497 e. The predicted molar refractivity (Wildman–Crippen MR) is 135 cm³/mol. The Morgan fingerprint density at radius 1 is 0.919 bits per heavy atom. The topological polar surface area (TPSA) is 70.6 Å². The first kappa shape index (κ1) is 24.1. The Bertz CT molecular complexity index is 1390. The SMILES string of the molecule is COc1ccc(N2Cc3cnc(NCC(F)(F)F)nc3N(c3ccc(-c4ccccc4)cc3)C2=O)cc1. The summed E-state index contributed by atoms with van der Waals surface area (Å²) in [5.74, 6) is 0.653. The molecule has 0 fully saturated rings. The summed E-state index contributed by atoms with van der Waals surface area (Å²) in [5.41, 5.74) is 3.70. The van der Waals surface area contributed by atoms with E-state index in [9.17, 15) is 18.0 Å². The van der Waals surface area contributed by atoms with E-state index in [0.29, 0.717) is 22.7 Å². The number of rotatable bonds is 6. The molecular formula is C27H22F3N5O2. The summed E-state index contributed by atoms with van der Waals surface area (Å²) >= 11 is 0. The number of urea groups is 1. The average molecular weight is 506 g/mol. The number of alkyl halides is 3. The molecule has 1 N–H and O–H groups in total. The van der Waals surface area contributed by atoms with E-state index in [1.165, 1.54) is 11.1 Å². The molecule has 1 aliphatic heterocycles. The number of carbonyl (C=O) groups excluding carboxylic acids is 1. The fourth-order valence-corrected chi connectivity index (χ4v) is 4.05. The van der Waals surface area contributed by atoms with Crippen LogP contribution in [-0.4, -0.2) is 35.8 Å². The second kappa shape index (κ2) is 9.81. The van der Waals surface area contributed by atoms with Gasteiger partial charge in [0.25, 0.3) is 0 Å². The van der Waals surface area contributed by atoms with E-state index >= 15 is 0 Å². The summed E-state index contributed by atoms with van der Waals surface area (Å²) in [6.45, 7) is -1.14. The molecule has 0 saturated carbocycles. The zero-order valence-electron chi connectivity index (χ0n) is 19.7. The second-order valence-electron chi connectivity index (χ2n) is 8.33. The van der Waals surface area contributed by atoms with E-state index in [2.05, 4.69) is 15.3 Å². The number of carbonyl (C=O) groups is 1. The number of nitrogens with zero attached hydrogens (tertiary/aromatic N) is 4. The van der Waals surface area contributed by atoms with Gasteiger partial charge >= 0.3 is 12.2 Å². The Morgan fingerprint density at radius 3 is 2.22 bits per heavy atom. The molecule has 1 aliphatic rings. The van der Waals surface area contributed by atoms with Crippen LogP contribution >= 0.6 is 0 Å². The van der Waals surface area contributed by atoms with Gasteiger partial charge in [0.2, 0.25) is 5.95 Å². The van der Waals surface area contributed by atoms with Gasteiger partial charge in [-0.3, -0.25) is 4.90 Å². The largest absolute Gasteiger partial charge is 0.497 e. The molecule has 0 bridgehead atoms. The highest BCUT2D eigenvalue weighted by atomic mass is 19.4. The van der Waals surface area contributed by atoms with Crippen molar-refractivity contribution in [1.29, 1.82) is 0 Å². The second-order valence-corrected chi connectivity index (χ2v) is 8.33. The van der Waals surface area contributed by atoms with E-state index in [-0.39, 0.29) is 18.3 Å². The summed E-state index contributed by atoms with van der Waals surface area (Å²) in [6.07, 6.45) is -3.00. The highest BCUT2D eigenvalue weighted by Crippen LogP contribution is 2.37. The van der Waals surface area contributed by atoms with Crippen molar-refractivity contribution in [3.63, 3.8) is 0 Å². The summed E-state index contributed by atoms with van der Waals surface area (Å²) in [7, 11) is 1.56. The number of aromatic nitrogens is 2. The molecule has 0 saturated heterocycles. The molecule has 0 radical (unpaired) electrons. The first-order chi connectivity index (χ1) is 17.8. The zero-order chi connectivity index (χ0) is 26.0. The van der Waals surface area contributed by atoms with Crippen LogP contribution in [0.4, 0.5) is 41.1 Å². The number of amides is 2. The number of fused-ring (bicyclic) bond motifs is 1. The van der Waals surface area contributed by atoms with Crippen LogP contribution in [0.5, 0.6) is 5.75 Å². The molecule has 0 spiro atoms. The monoisotopic (exact) mass is 505 g/mol. The van der Waals surface area contributed by atoms with Crippen molar-refractivity contribution < 1.29 is 22.7 Å². The lowest BCUT2D eigenvalue weighted by Crippen LogP contribution is -2.45. The number of hydrogen-bond acceptors (Lipinski definition) is 5. The molecule has 2 heterocycles. The van der Waals surface area contributed by atoms with Crippen molar-refractivity contribution in [3.05, 3.63) is 90.6 Å². The standard InChI is InChI=1S/C27H22F3N5O2/c1-37-23-13-11-21(12-14-23)34-16-20-15-31-25(32-17-27(28,29)30)33-24(20)35(26(34)36)22-9-7-19(8-10-22)18-5-3-2-4-6-18/h2-15H,16-17H2,1H3,(H,31,32,33). The van der Waals surface area contributed by atoms with Crippen LogP contribution in [0.25, 0.3) is 11.1 Å². The van der Waals surface area contributed by atoms with Gasteiger partial charge in [0.1, 0.15) is 12.3 Å². The molecule has 7 nitrogen and oxygen atoms in total. The lowest BCUT2D eigenvalue weighted by atomic mass is 10.0. The minimum absolute atomic E-state index is 0.151. The molecule has 1 aromatic heterocycles. The molecule has 5 rings (SSSR count). The molecule has 4 aromatic rings. The van der Waals surface area contributed by atoms with Gasteiger partial charge in [0.05, 0.1) is 19.3 Å². The molecular weight excluding hydrogens is 483 g/mol. The summed E-state index contributed by atoms with van der Waals surface area (Å²) < 4.78 is 43.5. The van der Waals surface area contributed by atoms with E-state index < -0.39 is 18.8 Å². The lowest BCUT2D eigenvalue weighted by molar-refractivity contribution is -0.115. The first-order valence-corrected chi connectivity index (χ1v) is 11.4. The third-order valence-corrected chi connectivity index (χ3v) is 5.87. The highest BCUT2D eigenvalue weighted by Gasteiger charge is 2.35. The van der Waals surface area contributed by atoms with Crippen LogP contribution in [-0.2, 0) is 6.54 Å². The van der Waals surface area contributed by atoms with Gasteiger partial charge < -0.3 is 10.1 Å². The van der Waals surface area contributed by atoms with Crippen LogP contribution in [0.1, 0.15) is 5.56 Å². The first-order valence-electron chi connectivity index (χ1n) is 11.4. The molecule has 188 valence electrons. The predicted octanol–water partition coefficient (Wildman–Crippen LogP) is 6.40. The highest BCUT2D eigenvalue weighted by molar-refractivity contribution is 6.10. The van der Waals surface area contributed by atoms with E-state index in [0.717, 1.165) is 11.1 Å². The third-order valence-electron chi connectivity index (χ3n) is 5.87. The molecule has 0 unspecified atom stereocenters. The van der Waals surface area contributed by atoms with Crippen molar-refractivity contribution in [2.45, 2.75) is 12.7 Å². The number of nitrogens with one attached hydrogen (secondary N) is 1. The normalized spacial score (nSPS) is 13.4. The fraction of sp³-hybridized carbons (Fsp3) is 0.148. The third kappa shape index (κ3) is 5.18. The summed E-state index contributed by atoms with van der Waals surface area (Å²) in [5, 5.41) is 2.20. The molecule has 10 heteroatoms. The maximum atomic E-state index is 13.8. The van der Waals surface area contributed by atoms with Gasteiger partial charge in [-0.25, -0.2) is 14.7 Å². The molecule has 0 aliphatic carbocycles. The maximum absolute atomic E-state index is 13.8. The van der Waals surface area contributed by atoms with Crippen molar-refractivity contribution >= 4 is 29.2 Å². The number of halogens is 3. The molecule has 2 amide bonds. The van der Waals surface area contributed by atoms with Gasteiger partial charge in [-0.15, -0.1) is 0 Å². The van der Waals surface area contributed by atoms with E-state index in [1.54, 1.807) is 48.4 Å². The Kier molecular flexibility index (Phi) is 6.39. The maximum Gasteiger partial charge on any atom is 0.405 e. The van der Waals surface area contributed by atoms with E-state index in [1.807, 2.05) is 42.5 Å². The van der Waals surface area contributed by atoms with E-state index in [4.69, 9.17) is 4.74 Å². The van der Waals surface area contributed by atoms with Crippen LogP contribution < -0.4 is 19.9 Å². The van der Waals surface area contributed by atoms with Gasteiger partial charge in [0, 0.05) is 17.4 Å². The number of benzene rings is 3. The average Bonchev–Trinajstić information content (AvgIpc) is 2.92. The van der Waals surface area contributed by atoms with Crippen LogP contribution in [0.3, 0.4) is 0 Å². The quantitative estimate of drug-likeness (QED) is 0.328.